The number of hydrogen-bond donors (Lipinski definition) is 2. The molecule has 0 unspecified atom stereocenters. The fourth-order valence-corrected chi connectivity index (χ4v) is 1.83. The summed E-state index contributed by atoms with van der Waals surface area (Å²) in [6, 6.07) is 9.62. The number of anilines is 2. The molecule has 0 saturated carbocycles. The number of ether oxygens (including phenoxy) is 2. The van der Waals surface area contributed by atoms with Gasteiger partial charge in [0.15, 0.2) is 0 Å². The predicted octanol–water partition coefficient (Wildman–Crippen LogP) is 3.21. The van der Waals surface area contributed by atoms with Gasteiger partial charge in [-0.05, 0) is 43.7 Å². The first kappa shape index (κ1) is 17.1. The summed E-state index contributed by atoms with van der Waals surface area (Å²) in [4.78, 5) is 23.7. The Hall–Kier alpha value is -3.28. The smallest absolute Gasteiger partial charge is 0.349 e. The fourth-order valence-electron chi connectivity index (χ4n) is 1.83. The van der Waals surface area contributed by atoms with Crippen molar-refractivity contribution < 1.29 is 19.1 Å². The Bertz CT molecular complexity index is 828. The number of aryl methyl sites for hydroxylation is 1. The Labute approximate surface area is 139 Å². The Morgan fingerprint density at radius 3 is 2.42 bits per heavy atom. The molecule has 0 spiro atoms. The van der Waals surface area contributed by atoms with Crippen LogP contribution in [0.25, 0.3) is 0 Å². The van der Waals surface area contributed by atoms with Crippen LogP contribution in [0.1, 0.15) is 22.8 Å². The van der Waals surface area contributed by atoms with E-state index < -0.39 is 11.9 Å². The highest BCUT2D eigenvalue weighted by atomic mass is 16.6. The number of nitrogens with two attached hydrogens (primary N) is 2. The average molecular weight is 326 g/mol. The van der Waals surface area contributed by atoms with Gasteiger partial charge in [-0.15, -0.1) is 0 Å². The molecule has 0 saturated heterocycles. The second-order valence-corrected chi connectivity index (χ2v) is 5.33. The van der Waals surface area contributed by atoms with Crippen LogP contribution < -0.4 is 16.2 Å². The molecule has 4 N–H and O–H groups in total. The summed E-state index contributed by atoms with van der Waals surface area (Å²) in [5.41, 5.74) is 13.5. The second kappa shape index (κ2) is 6.87. The number of nitrogen functional groups attached to an aromatic ring is 2. The molecule has 6 nitrogen and oxygen atoms in total. The number of rotatable bonds is 4. The van der Waals surface area contributed by atoms with Gasteiger partial charge in [-0.1, -0.05) is 12.6 Å². The van der Waals surface area contributed by atoms with E-state index in [1.54, 1.807) is 24.3 Å². The van der Waals surface area contributed by atoms with Crippen LogP contribution in [0.5, 0.6) is 11.5 Å². The lowest BCUT2D eigenvalue weighted by atomic mass is 10.1. The third kappa shape index (κ3) is 3.92. The highest BCUT2D eigenvalue weighted by molar-refractivity contribution is 6.03. The zero-order valence-electron chi connectivity index (χ0n) is 13.5. The van der Waals surface area contributed by atoms with Gasteiger partial charge in [0, 0.05) is 23.0 Å². The molecule has 0 fully saturated rings. The Morgan fingerprint density at radius 2 is 1.79 bits per heavy atom. The first-order valence-electron chi connectivity index (χ1n) is 7.13. The SMILES string of the molecule is C=C(C)C(=O)OC(=O)c1cc(N)ccc1Oc1ccc(C)c(N)c1. The highest BCUT2D eigenvalue weighted by Gasteiger charge is 2.19. The van der Waals surface area contributed by atoms with Crippen LogP contribution in [-0.2, 0) is 9.53 Å². The van der Waals surface area contributed by atoms with E-state index in [1.165, 1.54) is 19.1 Å². The molecule has 2 rings (SSSR count). The third-order valence-corrected chi connectivity index (χ3v) is 3.24. The summed E-state index contributed by atoms with van der Waals surface area (Å²) in [5.74, 6) is -1.03. The van der Waals surface area contributed by atoms with E-state index >= 15 is 0 Å². The Morgan fingerprint density at radius 1 is 1.08 bits per heavy atom. The monoisotopic (exact) mass is 326 g/mol. The second-order valence-electron chi connectivity index (χ2n) is 5.33. The molecule has 2 aromatic carbocycles. The quantitative estimate of drug-likeness (QED) is 0.387. The van der Waals surface area contributed by atoms with E-state index in [9.17, 15) is 9.59 Å². The summed E-state index contributed by atoms with van der Waals surface area (Å²) < 4.78 is 10.4. The molecular weight excluding hydrogens is 308 g/mol. The van der Waals surface area contributed by atoms with Crippen molar-refractivity contribution in [2.75, 3.05) is 11.5 Å². The Balaban J connectivity index is 2.33. The molecule has 0 bridgehead atoms. The van der Waals surface area contributed by atoms with Gasteiger partial charge in [0.2, 0.25) is 0 Å². The Kier molecular flexibility index (Phi) is 4.89. The van der Waals surface area contributed by atoms with Crippen molar-refractivity contribution in [3.63, 3.8) is 0 Å². The molecule has 24 heavy (non-hydrogen) atoms. The van der Waals surface area contributed by atoms with Gasteiger partial charge in [0.25, 0.3) is 0 Å². The van der Waals surface area contributed by atoms with Crippen molar-refractivity contribution in [3.8, 4) is 11.5 Å². The van der Waals surface area contributed by atoms with Crippen LogP contribution in [0.2, 0.25) is 0 Å². The van der Waals surface area contributed by atoms with E-state index in [-0.39, 0.29) is 16.9 Å². The van der Waals surface area contributed by atoms with Gasteiger partial charge in [-0.2, -0.15) is 0 Å². The van der Waals surface area contributed by atoms with Crippen LogP contribution in [-0.4, -0.2) is 11.9 Å². The number of benzene rings is 2. The van der Waals surface area contributed by atoms with Gasteiger partial charge in [-0.3, -0.25) is 0 Å². The number of carbonyl (C=O) groups excluding carboxylic acids is 2. The van der Waals surface area contributed by atoms with Gasteiger partial charge < -0.3 is 20.9 Å². The van der Waals surface area contributed by atoms with Crippen LogP contribution in [0.15, 0.2) is 48.6 Å². The van der Waals surface area contributed by atoms with Gasteiger partial charge in [-0.25, -0.2) is 9.59 Å². The topological polar surface area (TPSA) is 105 Å². The third-order valence-electron chi connectivity index (χ3n) is 3.24. The van der Waals surface area contributed by atoms with Gasteiger partial charge in [0.1, 0.15) is 17.1 Å². The normalized spacial score (nSPS) is 10.1. The summed E-state index contributed by atoms with van der Waals surface area (Å²) in [7, 11) is 0. The molecule has 0 aliphatic rings. The molecule has 0 aromatic heterocycles. The number of esters is 2. The van der Waals surface area contributed by atoms with Crippen LogP contribution in [0.3, 0.4) is 0 Å². The maximum Gasteiger partial charge on any atom is 0.349 e. The van der Waals surface area contributed by atoms with Gasteiger partial charge in [0.05, 0.1) is 0 Å². The average Bonchev–Trinajstić information content (AvgIpc) is 2.52. The van der Waals surface area contributed by atoms with Crippen LogP contribution in [0, 0.1) is 6.92 Å². The highest BCUT2D eigenvalue weighted by Crippen LogP contribution is 2.29. The van der Waals surface area contributed by atoms with E-state index in [4.69, 9.17) is 20.9 Å². The van der Waals surface area contributed by atoms with Crippen LogP contribution in [0.4, 0.5) is 11.4 Å². The first-order chi connectivity index (χ1) is 11.3. The zero-order valence-corrected chi connectivity index (χ0v) is 13.5. The minimum absolute atomic E-state index is 0.0312. The predicted molar refractivity (Wildman–Crippen MR) is 91.8 cm³/mol. The zero-order chi connectivity index (χ0) is 17.9. The molecule has 0 heterocycles. The summed E-state index contributed by atoms with van der Waals surface area (Å²) in [6.45, 7) is 6.75. The minimum Gasteiger partial charge on any atom is -0.456 e. The lowest BCUT2D eigenvalue weighted by Gasteiger charge is -2.12. The minimum atomic E-state index is -0.870. The van der Waals surface area contributed by atoms with Crippen molar-refractivity contribution in [2.24, 2.45) is 0 Å². The van der Waals surface area contributed by atoms with E-state index in [1.807, 2.05) is 6.92 Å². The lowest BCUT2D eigenvalue weighted by molar-refractivity contribution is -0.133. The molecule has 0 amide bonds. The molecule has 0 atom stereocenters. The standard InChI is InChI=1S/C18H18N2O4/c1-10(2)17(21)24-18(22)14-8-12(19)5-7-16(14)23-13-6-4-11(3)15(20)9-13/h4-9H,1,19-20H2,2-3H3. The molecule has 0 radical (unpaired) electrons. The molecule has 6 heteroatoms. The van der Waals surface area contributed by atoms with Crippen molar-refractivity contribution in [3.05, 3.63) is 59.7 Å². The van der Waals surface area contributed by atoms with E-state index in [0.29, 0.717) is 17.1 Å². The van der Waals surface area contributed by atoms with Crippen molar-refractivity contribution >= 4 is 23.3 Å². The maximum absolute atomic E-state index is 12.2. The molecule has 0 aliphatic carbocycles. The molecule has 124 valence electrons. The van der Waals surface area contributed by atoms with Gasteiger partial charge >= 0.3 is 11.9 Å². The molecular formula is C18H18N2O4. The first-order valence-corrected chi connectivity index (χ1v) is 7.13. The van der Waals surface area contributed by atoms with E-state index in [0.717, 1.165) is 5.56 Å². The summed E-state index contributed by atoms with van der Waals surface area (Å²) in [5, 5.41) is 0. The number of hydrogen-bond acceptors (Lipinski definition) is 6. The van der Waals surface area contributed by atoms with Crippen molar-refractivity contribution in [1.82, 2.24) is 0 Å². The summed E-state index contributed by atoms with van der Waals surface area (Å²) >= 11 is 0. The van der Waals surface area contributed by atoms with Crippen molar-refractivity contribution in [2.45, 2.75) is 13.8 Å². The number of carbonyl (C=O) groups is 2. The molecule has 0 aliphatic heterocycles. The molecule has 2 aromatic rings. The lowest BCUT2D eigenvalue weighted by Crippen LogP contribution is -2.14. The van der Waals surface area contributed by atoms with Crippen molar-refractivity contribution in [1.29, 1.82) is 0 Å². The summed E-state index contributed by atoms with van der Waals surface area (Å²) in [6.07, 6.45) is 0. The van der Waals surface area contributed by atoms with E-state index in [2.05, 4.69) is 6.58 Å². The largest absolute Gasteiger partial charge is 0.456 e. The fraction of sp³-hybridized carbons (Fsp3) is 0.111. The van der Waals surface area contributed by atoms with Crippen LogP contribution >= 0.6 is 0 Å². The maximum atomic E-state index is 12.2.